The van der Waals surface area contributed by atoms with E-state index in [2.05, 4.69) is 118 Å². The number of nitrogens with one attached hydrogen (secondary N) is 6. The van der Waals surface area contributed by atoms with Crippen molar-refractivity contribution in [3.8, 4) is 33.4 Å². The van der Waals surface area contributed by atoms with Gasteiger partial charge in [0.1, 0.15) is 35.5 Å². The van der Waals surface area contributed by atoms with E-state index < -0.39 is 60.1 Å². The SMILES string of the molecule is CC(C)CN1CC[C@H](NC(=O)c2[nH]nc3c(F)cc(-c4cnn(C)c4)cc23)[C@@H](F)C1.CC(C)CN1CC[C@H](NC(=O)c2n[nH]c3cc(F)c(-c4cnn(C)c4)cc23)[C@@H](F)C1.CC(C)CN1CC[C@H](NC(=O)c2n[nH]c3ccc(-c4cnn(C)c4)cc23)[C@@H](F)C1. The molecule has 3 aromatic carbocycles. The third-order valence-corrected chi connectivity index (χ3v) is 16.3. The highest BCUT2D eigenvalue weighted by atomic mass is 19.1. The molecule has 6 aromatic heterocycles. The Kier molecular flexibility index (Phi) is 19.7. The minimum absolute atomic E-state index is 0.0799. The lowest BCUT2D eigenvalue weighted by Gasteiger charge is -2.35. The molecule has 6 N–H and O–H groups in total. The molecule has 0 unspecified atom stereocenters. The number of hydrogen-bond acceptors (Lipinski definition) is 12. The van der Waals surface area contributed by atoms with Gasteiger partial charge in [0, 0.05) is 143 Å². The van der Waals surface area contributed by atoms with Crippen LogP contribution in [0.1, 0.15) is 92.3 Å². The first-order valence-corrected chi connectivity index (χ1v) is 30.4. The summed E-state index contributed by atoms with van der Waals surface area (Å²) in [6.45, 7) is 18.4. The first-order chi connectivity index (χ1) is 42.5. The number of aromatic amines is 3. The highest BCUT2D eigenvalue weighted by Gasteiger charge is 2.35. The maximum Gasteiger partial charge on any atom is 0.272 e. The average Bonchev–Trinajstić information content (AvgIpc) is 1.74. The van der Waals surface area contributed by atoms with E-state index in [0.29, 0.717) is 95.3 Å². The zero-order valence-electron chi connectivity index (χ0n) is 51.7. The van der Waals surface area contributed by atoms with Gasteiger partial charge in [0.15, 0.2) is 17.2 Å². The van der Waals surface area contributed by atoms with Gasteiger partial charge >= 0.3 is 0 Å². The largest absolute Gasteiger partial charge is 0.345 e. The Morgan fingerprint density at radius 2 is 0.944 bits per heavy atom. The van der Waals surface area contributed by atoms with Crippen LogP contribution in [0.3, 0.4) is 0 Å². The summed E-state index contributed by atoms with van der Waals surface area (Å²) in [4.78, 5) is 44.9. The molecule has 3 aliphatic rings. The summed E-state index contributed by atoms with van der Waals surface area (Å²) in [5.41, 5.74) is 5.98. The molecule has 6 atom stereocenters. The maximum absolute atomic E-state index is 14.7. The second-order valence-corrected chi connectivity index (χ2v) is 25.1. The van der Waals surface area contributed by atoms with Crippen LogP contribution in [-0.2, 0) is 21.1 Å². The fourth-order valence-electron chi connectivity index (χ4n) is 12.1. The molecule has 0 spiro atoms. The molecule has 0 saturated carbocycles. The summed E-state index contributed by atoms with van der Waals surface area (Å²) in [5.74, 6) is -0.835. The number of carbonyl (C=O) groups excluding carboxylic acids is 3. The summed E-state index contributed by atoms with van der Waals surface area (Å²) < 4.78 is 78.0. The van der Waals surface area contributed by atoms with Crippen LogP contribution < -0.4 is 16.0 Å². The number of rotatable bonds is 15. The highest BCUT2D eigenvalue weighted by Crippen LogP contribution is 2.31. The Balaban J connectivity index is 0.000000147. The molecule has 3 saturated heterocycles. The first kappa shape index (κ1) is 63.7. The molecular formula is C63H79F5N18O3. The number of likely N-dealkylation sites (tertiary alicyclic amines) is 3. The lowest BCUT2D eigenvalue weighted by atomic mass is 10.0. The topological polar surface area (TPSA) is 237 Å². The maximum atomic E-state index is 14.7. The van der Waals surface area contributed by atoms with Crippen LogP contribution in [-0.4, -0.2) is 188 Å². The van der Waals surface area contributed by atoms with Gasteiger partial charge in [-0.2, -0.15) is 30.6 Å². The van der Waals surface area contributed by atoms with Gasteiger partial charge in [0.25, 0.3) is 17.7 Å². The van der Waals surface area contributed by atoms with E-state index in [0.717, 1.165) is 66.9 Å². The lowest BCUT2D eigenvalue weighted by molar-refractivity contribution is 0.0745. The van der Waals surface area contributed by atoms with Crippen LogP contribution in [0, 0.1) is 29.4 Å². The summed E-state index contributed by atoms with van der Waals surface area (Å²) in [6.07, 6.45) is 8.63. The summed E-state index contributed by atoms with van der Waals surface area (Å²) in [7, 11) is 5.38. The van der Waals surface area contributed by atoms with E-state index >= 15 is 0 Å². The third kappa shape index (κ3) is 15.2. The Morgan fingerprint density at radius 1 is 0.506 bits per heavy atom. The lowest BCUT2D eigenvalue weighted by Crippen LogP contribution is -2.53. The number of nitrogens with zero attached hydrogens (tertiary/aromatic N) is 12. The third-order valence-electron chi connectivity index (χ3n) is 16.3. The van der Waals surface area contributed by atoms with Crippen LogP contribution in [0.2, 0.25) is 0 Å². The van der Waals surface area contributed by atoms with Crippen molar-refractivity contribution in [3.05, 3.63) is 108 Å². The number of hydrogen-bond donors (Lipinski definition) is 6. The Hall–Kier alpha value is -8.36. The van der Waals surface area contributed by atoms with Gasteiger partial charge in [-0.3, -0.25) is 43.7 Å². The van der Waals surface area contributed by atoms with E-state index in [1.807, 2.05) is 31.4 Å². The van der Waals surface area contributed by atoms with Gasteiger partial charge in [-0.15, -0.1) is 0 Å². The van der Waals surface area contributed by atoms with Crippen LogP contribution in [0.25, 0.3) is 66.1 Å². The number of aryl methyl sites for hydroxylation is 3. The molecule has 3 aliphatic heterocycles. The van der Waals surface area contributed by atoms with Gasteiger partial charge in [-0.1, -0.05) is 47.6 Å². The van der Waals surface area contributed by atoms with Crippen molar-refractivity contribution < 1.29 is 36.3 Å². The quantitative estimate of drug-likeness (QED) is 0.0530. The number of alkyl halides is 3. The van der Waals surface area contributed by atoms with Crippen LogP contribution in [0.15, 0.2) is 79.6 Å². The van der Waals surface area contributed by atoms with Gasteiger partial charge in [-0.05, 0) is 78.5 Å². The summed E-state index contributed by atoms with van der Waals surface area (Å²) >= 11 is 0. The molecule has 26 heteroatoms. The van der Waals surface area contributed by atoms with Crippen molar-refractivity contribution in [2.75, 3.05) is 58.9 Å². The number of amides is 3. The smallest absolute Gasteiger partial charge is 0.272 e. The normalized spacial score (nSPS) is 20.3. The minimum Gasteiger partial charge on any atom is -0.345 e. The molecule has 12 rings (SSSR count). The first-order valence-electron chi connectivity index (χ1n) is 30.4. The predicted octanol–water partition coefficient (Wildman–Crippen LogP) is 8.56. The number of halogens is 5. The molecular weight excluding hydrogens is 1150 g/mol. The van der Waals surface area contributed by atoms with Crippen molar-refractivity contribution >= 4 is 50.4 Å². The molecule has 21 nitrogen and oxygen atoms in total. The molecule has 3 amide bonds. The average molecular weight is 1230 g/mol. The second-order valence-electron chi connectivity index (χ2n) is 25.1. The van der Waals surface area contributed by atoms with Crippen molar-refractivity contribution in [3.63, 3.8) is 0 Å². The molecule has 0 radical (unpaired) electrons. The highest BCUT2D eigenvalue weighted by molar-refractivity contribution is 6.07. The van der Waals surface area contributed by atoms with Crippen molar-refractivity contribution in [2.24, 2.45) is 38.9 Å². The summed E-state index contributed by atoms with van der Waals surface area (Å²) in [5, 5.41) is 42.8. The molecule has 89 heavy (non-hydrogen) atoms. The zero-order valence-corrected chi connectivity index (χ0v) is 51.7. The van der Waals surface area contributed by atoms with Crippen molar-refractivity contribution in [2.45, 2.75) is 97.4 Å². The second kappa shape index (κ2) is 27.6. The summed E-state index contributed by atoms with van der Waals surface area (Å²) in [6, 6.07) is 10.1. The number of benzene rings is 3. The molecule has 9 aromatic rings. The molecule has 3 fully saturated rings. The van der Waals surface area contributed by atoms with Crippen molar-refractivity contribution in [1.82, 2.24) is 90.6 Å². The van der Waals surface area contributed by atoms with E-state index in [9.17, 15) is 36.3 Å². The Morgan fingerprint density at radius 3 is 1.40 bits per heavy atom. The molecule has 474 valence electrons. The number of fused-ring (bicyclic) bond motifs is 3. The minimum atomic E-state index is -1.15. The number of H-pyrrole nitrogens is 3. The van der Waals surface area contributed by atoms with E-state index in [-0.39, 0.29) is 22.8 Å². The standard InChI is InChI=1S/2C21H26F2N6O.C21H27FN6O/c1-12(2)9-29-5-4-18(17(23)11-29)25-21(30)20-15-6-14(13-8-24-28(3)10-13)16(22)7-19(15)26-27-20;1-12(2)9-29-5-4-18(17(23)11-29)25-21(30)20-15-6-13(14-8-24-28(3)10-14)7-16(22)19(15)26-27-20;1-13(2)10-28-7-6-19(17(22)12-28)24-21(29)20-16-8-14(4-5-18(16)25-26-20)15-9-23-27(3)11-15/h2*6-8,10,12,17-18H,4-5,9,11H2,1-3H3,(H,25,30)(H,26,27);4-5,8-9,11,13,17,19H,6-7,10,12H2,1-3H3,(H,24,29)(H,25,26)/t2*17-,18-;17-,19-/m000/s1. The van der Waals surface area contributed by atoms with Gasteiger partial charge in [0.05, 0.1) is 47.7 Å². The van der Waals surface area contributed by atoms with Crippen LogP contribution in [0.5, 0.6) is 0 Å². The number of aromatic nitrogens is 12. The number of piperidine rings is 3. The Bertz CT molecular complexity index is 3920. The number of carbonyl (C=O) groups is 3. The van der Waals surface area contributed by atoms with Gasteiger partial charge < -0.3 is 30.7 Å². The fraction of sp³-hybridized carbons (Fsp3) is 0.476. The zero-order chi connectivity index (χ0) is 63.4. The predicted molar refractivity (Wildman–Crippen MR) is 331 cm³/mol. The Labute approximate surface area is 512 Å². The van der Waals surface area contributed by atoms with Gasteiger partial charge in [-0.25, -0.2) is 22.0 Å². The van der Waals surface area contributed by atoms with E-state index in [4.69, 9.17) is 0 Å². The fourth-order valence-corrected chi connectivity index (χ4v) is 12.1. The molecule has 0 aliphatic carbocycles. The monoisotopic (exact) mass is 1230 g/mol. The molecule has 0 bridgehead atoms. The van der Waals surface area contributed by atoms with Crippen molar-refractivity contribution in [1.29, 1.82) is 0 Å². The van der Waals surface area contributed by atoms with E-state index in [1.54, 1.807) is 71.3 Å². The van der Waals surface area contributed by atoms with Gasteiger partial charge in [0.2, 0.25) is 0 Å². The molecule has 9 heterocycles. The van der Waals surface area contributed by atoms with Crippen LogP contribution in [0.4, 0.5) is 22.0 Å². The van der Waals surface area contributed by atoms with E-state index in [1.165, 1.54) is 12.1 Å². The van der Waals surface area contributed by atoms with Crippen LogP contribution >= 0.6 is 0 Å².